The third-order valence-electron chi connectivity index (χ3n) is 2.93. The average molecular weight is 307 g/mol. The van der Waals surface area contributed by atoms with Crippen molar-refractivity contribution in [2.45, 2.75) is 19.9 Å². The topological polar surface area (TPSA) is 55.4 Å². The Labute approximate surface area is 129 Å². The maximum absolute atomic E-state index is 5.35. The fourth-order valence-electron chi connectivity index (χ4n) is 1.87. The van der Waals surface area contributed by atoms with E-state index in [0.29, 0.717) is 0 Å². The Morgan fingerprint density at radius 3 is 2.81 bits per heavy atom. The summed E-state index contributed by atoms with van der Waals surface area (Å²) in [5, 5.41) is 9.52. The van der Waals surface area contributed by atoms with Crippen LogP contribution in [0.15, 0.2) is 23.6 Å². The van der Waals surface area contributed by atoms with Crippen molar-refractivity contribution in [3.05, 3.63) is 29.3 Å². The summed E-state index contributed by atoms with van der Waals surface area (Å²) in [4.78, 5) is 4.56. The van der Waals surface area contributed by atoms with Crippen LogP contribution in [0.4, 0.5) is 10.8 Å². The molecule has 0 aliphatic carbocycles. The van der Waals surface area contributed by atoms with Gasteiger partial charge in [0.05, 0.1) is 25.6 Å². The number of hydrogen-bond acceptors (Lipinski definition) is 6. The number of hydrogen-bond donors (Lipinski definition) is 2. The number of anilines is 2. The van der Waals surface area contributed by atoms with Gasteiger partial charge in [0.1, 0.15) is 11.5 Å². The third kappa shape index (κ3) is 4.34. The quantitative estimate of drug-likeness (QED) is 0.732. The van der Waals surface area contributed by atoms with Crippen LogP contribution < -0.4 is 20.1 Å². The maximum atomic E-state index is 5.35. The summed E-state index contributed by atoms with van der Waals surface area (Å²) in [6, 6.07) is 5.64. The van der Waals surface area contributed by atoms with Crippen LogP contribution in [0.5, 0.6) is 11.5 Å². The molecule has 0 aliphatic heterocycles. The largest absolute Gasteiger partial charge is 0.497 e. The summed E-state index contributed by atoms with van der Waals surface area (Å²) in [6.45, 7) is 3.95. The van der Waals surface area contributed by atoms with Crippen molar-refractivity contribution in [1.82, 2.24) is 10.3 Å². The van der Waals surface area contributed by atoms with Gasteiger partial charge in [-0.05, 0) is 25.1 Å². The van der Waals surface area contributed by atoms with Crippen LogP contribution in [0.25, 0.3) is 0 Å². The van der Waals surface area contributed by atoms with E-state index in [0.717, 1.165) is 47.5 Å². The molecule has 6 heteroatoms. The smallest absolute Gasteiger partial charge is 0.187 e. The molecule has 0 saturated heterocycles. The van der Waals surface area contributed by atoms with Gasteiger partial charge in [-0.2, -0.15) is 0 Å². The molecule has 0 radical (unpaired) electrons. The molecule has 5 nitrogen and oxygen atoms in total. The first-order valence-corrected chi connectivity index (χ1v) is 7.79. The molecule has 0 fully saturated rings. The first-order chi connectivity index (χ1) is 10.3. The summed E-state index contributed by atoms with van der Waals surface area (Å²) < 4.78 is 10.6. The Morgan fingerprint density at radius 1 is 1.24 bits per heavy atom. The molecule has 0 atom stereocenters. The maximum Gasteiger partial charge on any atom is 0.187 e. The van der Waals surface area contributed by atoms with E-state index < -0.39 is 0 Å². The number of benzene rings is 1. The lowest BCUT2D eigenvalue weighted by atomic mass is 10.2. The van der Waals surface area contributed by atoms with Crippen LogP contribution in [0.3, 0.4) is 0 Å². The molecule has 1 aromatic heterocycles. The Balaban J connectivity index is 2.07. The van der Waals surface area contributed by atoms with Crippen LogP contribution in [-0.4, -0.2) is 25.7 Å². The fourth-order valence-corrected chi connectivity index (χ4v) is 2.59. The van der Waals surface area contributed by atoms with Crippen molar-refractivity contribution in [3.8, 4) is 11.5 Å². The molecule has 2 rings (SSSR count). The van der Waals surface area contributed by atoms with E-state index in [1.54, 1.807) is 25.6 Å². The summed E-state index contributed by atoms with van der Waals surface area (Å²) in [6.07, 6.45) is 1.12. The normalized spacial score (nSPS) is 10.4. The lowest BCUT2D eigenvalue weighted by molar-refractivity contribution is 0.405. The molecule has 0 spiro atoms. The van der Waals surface area contributed by atoms with Crippen LogP contribution in [0.1, 0.15) is 19.0 Å². The lowest BCUT2D eigenvalue weighted by Gasteiger charge is -2.10. The molecule has 2 aromatic rings. The summed E-state index contributed by atoms with van der Waals surface area (Å²) in [5.41, 5.74) is 1.89. The zero-order valence-electron chi connectivity index (χ0n) is 12.6. The van der Waals surface area contributed by atoms with Gasteiger partial charge in [-0.25, -0.2) is 4.98 Å². The van der Waals surface area contributed by atoms with Crippen LogP contribution in [0.2, 0.25) is 0 Å². The highest BCUT2D eigenvalue weighted by Crippen LogP contribution is 2.32. The zero-order valence-corrected chi connectivity index (χ0v) is 13.4. The van der Waals surface area contributed by atoms with Gasteiger partial charge >= 0.3 is 0 Å². The number of nitrogens with zero attached hydrogens (tertiary/aromatic N) is 1. The van der Waals surface area contributed by atoms with Crippen molar-refractivity contribution in [3.63, 3.8) is 0 Å². The number of nitrogens with one attached hydrogen (secondary N) is 2. The molecule has 114 valence electrons. The van der Waals surface area contributed by atoms with E-state index in [9.17, 15) is 0 Å². The highest BCUT2D eigenvalue weighted by molar-refractivity contribution is 7.13. The van der Waals surface area contributed by atoms with Gasteiger partial charge in [0.15, 0.2) is 5.13 Å². The molecular weight excluding hydrogens is 286 g/mol. The van der Waals surface area contributed by atoms with Crippen molar-refractivity contribution < 1.29 is 9.47 Å². The average Bonchev–Trinajstić information content (AvgIpc) is 2.95. The molecule has 0 unspecified atom stereocenters. The monoisotopic (exact) mass is 307 g/mol. The molecule has 0 saturated carbocycles. The minimum Gasteiger partial charge on any atom is -0.497 e. The standard InChI is InChI=1S/C15H21N3O2S/c1-4-7-16-9-11-10-21-15(17-11)18-13-8-12(19-2)5-6-14(13)20-3/h5-6,8,10,16H,4,7,9H2,1-3H3,(H,17,18). The van der Waals surface area contributed by atoms with Gasteiger partial charge in [0.2, 0.25) is 0 Å². The second kappa shape index (κ2) is 7.85. The molecule has 0 bridgehead atoms. The Morgan fingerprint density at radius 2 is 2.10 bits per heavy atom. The van der Waals surface area contributed by atoms with Gasteiger partial charge in [-0.3, -0.25) is 0 Å². The number of ether oxygens (including phenoxy) is 2. The molecule has 21 heavy (non-hydrogen) atoms. The Hall–Kier alpha value is -1.79. The van der Waals surface area contributed by atoms with Crippen LogP contribution in [0, 0.1) is 0 Å². The van der Waals surface area contributed by atoms with Crippen LogP contribution in [-0.2, 0) is 6.54 Å². The van der Waals surface area contributed by atoms with Crippen molar-refractivity contribution in [1.29, 1.82) is 0 Å². The van der Waals surface area contributed by atoms with Crippen LogP contribution >= 0.6 is 11.3 Å². The fraction of sp³-hybridized carbons (Fsp3) is 0.400. The minimum absolute atomic E-state index is 0.761. The predicted octanol–water partition coefficient (Wildman–Crippen LogP) is 3.40. The molecule has 1 aromatic carbocycles. The first-order valence-electron chi connectivity index (χ1n) is 6.91. The zero-order chi connectivity index (χ0) is 15.1. The molecule has 0 aliphatic rings. The van der Waals surface area contributed by atoms with E-state index in [1.165, 1.54) is 0 Å². The number of rotatable bonds is 8. The van der Waals surface area contributed by atoms with Gasteiger partial charge in [0.25, 0.3) is 0 Å². The predicted molar refractivity (Wildman–Crippen MR) is 86.9 cm³/mol. The van der Waals surface area contributed by atoms with Gasteiger partial charge in [0, 0.05) is 18.0 Å². The van der Waals surface area contributed by atoms with Gasteiger partial charge < -0.3 is 20.1 Å². The third-order valence-corrected chi connectivity index (χ3v) is 3.74. The van der Waals surface area contributed by atoms with Crippen molar-refractivity contribution >= 4 is 22.2 Å². The second-order valence-corrected chi connectivity index (χ2v) is 5.37. The summed E-state index contributed by atoms with van der Waals surface area (Å²) in [5.74, 6) is 1.54. The summed E-state index contributed by atoms with van der Waals surface area (Å²) >= 11 is 1.58. The van der Waals surface area contributed by atoms with E-state index in [1.807, 2.05) is 18.2 Å². The second-order valence-electron chi connectivity index (χ2n) is 4.51. The van der Waals surface area contributed by atoms with E-state index in [-0.39, 0.29) is 0 Å². The highest BCUT2D eigenvalue weighted by Gasteiger charge is 2.08. The number of aromatic nitrogens is 1. The van der Waals surface area contributed by atoms with Gasteiger partial charge in [-0.1, -0.05) is 6.92 Å². The van der Waals surface area contributed by atoms with Crippen molar-refractivity contribution in [2.75, 3.05) is 26.1 Å². The van der Waals surface area contributed by atoms with Gasteiger partial charge in [-0.15, -0.1) is 11.3 Å². The molecule has 1 heterocycles. The molecular formula is C15H21N3O2S. The number of thiazole rings is 1. The van der Waals surface area contributed by atoms with Crippen molar-refractivity contribution in [2.24, 2.45) is 0 Å². The van der Waals surface area contributed by atoms with E-state index >= 15 is 0 Å². The SMILES string of the molecule is CCCNCc1csc(Nc2cc(OC)ccc2OC)n1. The minimum atomic E-state index is 0.761. The van der Waals surface area contributed by atoms with E-state index in [4.69, 9.17) is 9.47 Å². The van der Waals surface area contributed by atoms with E-state index in [2.05, 4.69) is 27.9 Å². The summed E-state index contributed by atoms with van der Waals surface area (Å²) in [7, 11) is 3.29. The first kappa shape index (κ1) is 15.6. The Kier molecular flexibility index (Phi) is 5.83. The number of methoxy groups -OCH3 is 2. The highest BCUT2D eigenvalue weighted by atomic mass is 32.1. The Bertz CT molecular complexity index is 572. The molecule has 2 N–H and O–H groups in total. The lowest BCUT2D eigenvalue weighted by Crippen LogP contribution is -2.13. The molecule has 0 amide bonds.